The zero-order valence-corrected chi connectivity index (χ0v) is 14.7. The summed E-state index contributed by atoms with van der Waals surface area (Å²) in [5.41, 5.74) is 8.61. The second-order valence-electron chi connectivity index (χ2n) is 6.79. The molecule has 0 atom stereocenters. The summed E-state index contributed by atoms with van der Waals surface area (Å²) in [6.45, 7) is 4.17. The van der Waals surface area contributed by atoms with E-state index in [1.165, 1.54) is 11.1 Å². The van der Waals surface area contributed by atoms with Crippen molar-refractivity contribution in [3.63, 3.8) is 0 Å². The number of benzene rings is 3. The minimum Gasteiger partial charge on any atom is -0.338 e. The summed E-state index contributed by atoms with van der Waals surface area (Å²) in [6.07, 6.45) is 0. The summed E-state index contributed by atoms with van der Waals surface area (Å²) in [7, 11) is 0. The van der Waals surface area contributed by atoms with Gasteiger partial charge in [0.15, 0.2) is 0 Å². The monoisotopic (exact) mass is 338 g/mol. The number of nitrogens with zero attached hydrogens (tertiary/aromatic N) is 2. The van der Waals surface area contributed by atoms with Crippen LogP contribution in [0.5, 0.6) is 0 Å². The van der Waals surface area contributed by atoms with Crippen molar-refractivity contribution < 1.29 is 0 Å². The van der Waals surface area contributed by atoms with Crippen molar-refractivity contribution in [1.29, 1.82) is 0 Å². The number of imidazole rings is 2. The molecule has 0 aliphatic heterocycles. The SMILES string of the molecule is Cc1ccc2[nH]c(-c3cccc(-c4nc5ccc(C)cc5[nH]4)c3)nc2c1. The number of hydrogen-bond donors (Lipinski definition) is 2. The number of aryl methyl sites for hydroxylation is 2. The summed E-state index contributed by atoms with van der Waals surface area (Å²) >= 11 is 0. The van der Waals surface area contributed by atoms with Gasteiger partial charge in [0, 0.05) is 11.1 Å². The van der Waals surface area contributed by atoms with Crippen LogP contribution in [-0.2, 0) is 0 Å². The zero-order chi connectivity index (χ0) is 17.7. The van der Waals surface area contributed by atoms with E-state index >= 15 is 0 Å². The number of aromatic nitrogens is 4. The molecule has 0 amide bonds. The van der Waals surface area contributed by atoms with E-state index in [9.17, 15) is 0 Å². The number of H-pyrrole nitrogens is 2. The van der Waals surface area contributed by atoms with Gasteiger partial charge in [0.2, 0.25) is 0 Å². The Balaban J connectivity index is 1.60. The first-order valence-corrected chi connectivity index (χ1v) is 8.69. The molecule has 5 rings (SSSR count). The van der Waals surface area contributed by atoms with Crippen LogP contribution >= 0.6 is 0 Å². The van der Waals surface area contributed by atoms with E-state index in [1.54, 1.807) is 0 Å². The predicted molar refractivity (Wildman–Crippen MR) is 106 cm³/mol. The Bertz CT molecular complexity index is 1160. The Labute approximate surface area is 150 Å². The molecule has 2 heterocycles. The van der Waals surface area contributed by atoms with Crippen molar-refractivity contribution in [3.8, 4) is 22.8 Å². The standard InChI is InChI=1S/C22H18N4/c1-13-6-8-17-19(10-13)25-21(23-17)15-4-3-5-16(12-15)22-24-18-9-7-14(2)11-20(18)26-22/h3-12H,1-2H3,(H,23,25)(H,24,26). The van der Waals surface area contributed by atoms with Gasteiger partial charge in [0.25, 0.3) is 0 Å². The molecule has 2 aromatic heterocycles. The molecule has 2 N–H and O–H groups in total. The van der Waals surface area contributed by atoms with Crippen LogP contribution in [0.15, 0.2) is 60.7 Å². The van der Waals surface area contributed by atoms with Gasteiger partial charge in [-0.2, -0.15) is 0 Å². The van der Waals surface area contributed by atoms with Crippen molar-refractivity contribution in [3.05, 3.63) is 71.8 Å². The Morgan fingerprint density at radius 3 is 2.08 bits per heavy atom. The fourth-order valence-electron chi connectivity index (χ4n) is 3.33. The molecule has 4 nitrogen and oxygen atoms in total. The van der Waals surface area contributed by atoms with E-state index < -0.39 is 0 Å². The van der Waals surface area contributed by atoms with Crippen molar-refractivity contribution in [2.24, 2.45) is 0 Å². The largest absolute Gasteiger partial charge is 0.338 e. The van der Waals surface area contributed by atoms with Crippen molar-refractivity contribution in [2.45, 2.75) is 13.8 Å². The third kappa shape index (κ3) is 2.47. The van der Waals surface area contributed by atoms with E-state index in [0.29, 0.717) is 0 Å². The van der Waals surface area contributed by atoms with Crippen LogP contribution in [0.2, 0.25) is 0 Å². The summed E-state index contributed by atoms with van der Waals surface area (Å²) in [5, 5.41) is 0. The Hall–Kier alpha value is -3.40. The van der Waals surface area contributed by atoms with Gasteiger partial charge in [-0.1, -0.05) is 30.3 Å². The topological polar surface area (TPSA) is 57.4 Å². The average Bonchev–Trinajstić information content (AvgIpc) is 3.25. The van der Waals surface area contributed by atoms with Crippen LogP contribution in [0.25, 0.3) is 44.8 Å². The molecule has 0 fully saturated rings. The third-order valence-electron chi connectivity index (χ3n) is 4.69. The van der Waals surface area contributed by atoms with E-state index in [4.69, 9.17) is 9.97 Å². The first-order valence-electron chi connectivity index (χ1n) is 8.69. The van der Waals surface area contributed by atoms with E-state index in [1.807, 2.05) is 6.07 Å². The maximum atomic E-state index is 4.75. The highest BCUT2D eigenvalue weighted by Crippen LogP contribution is 2.27. The average molecular weight is 338 g/mol. The van der Waals surface area contributed by atoms with Gasteiger partial charge in [-0.3, -0.25) is 0 Å². The fraction of sp³-hybridized carbons (Fsp3) is 0.0909. The lowest BCUT2D eigenvalue weighted by atomic mass is 10.1. The summed E-state index contributed by atoms with van der Waals surface area (Å²) in [5.74, 6) is 1.75. The van der Waals surface area contributed by atoms with Crippen LogP contribution < -0.4 is 0 Å². The van der Waals surface area contributed by atoms with Gasteiger partial charge in [0.05, 0.1) is 22.1 Å². The maximum absolute atomic E-state index is 4.75. The fourth-order valence-corrected chi connectivity index (χ4v) is 3.33. The molecule has 0 bridgehead atoms. The molecular weight excluding hydrogens is 320 g/mol. The lowest BCUT2D eigenvalue weighted by molar-refractivity contribution is 1.31. The van der Waals surface area contributed by atoms with Gasteiger partial charge >= 0.3 is 0 Å². The van der Waals surface area contributed by atoms with Gasteiger partial charge in [0.1, 0.15) is 11.6 Å². The van der Waals surface area contributed by atoms with E-state index in [-0.39, 0.29) is 0 Å². The normalized spacial score (nSPS) is 11.5. The predicted octanol–water partition coefficient (Wildman–Crippen LogP) is 5.39. The highest BCUT2D eigenvalue weighted by atomic mass is 14.9. The molecule has 0 saturated carbocycles. The van der Waals surface area contributed by atoms with Crippen LogP contribution in [0.4, 0.5) is 0 Å². The second-order valence-corrected chi connectivity index (χ2v) is 6.79. The molecular formula is C22H18N4. The first-order chi connectivity index (χ1) is 12.7. The zero-order valence-electron chi connectivity index (χ0n) is 14.7. The van der Waals surface area contributed by atoms with E-state index in [0.717, 1.165) is 44.8 Å². The summed E-state index contributed by atoms with van der Waals surface area (Å²) < 4.78 is 0. The van der Waals surface area contributed by atoms with Crippen LogP contribution in [0, 0.1) is 13.8 Å². The molecule has 0 saturated heterocycles. The highest BCUT2D eigenvalue weighted by molar-refractivity contribution is 5.82. The molecule has 0 aliphatic carbocycles. The molecule has 0 spiro atoms. The summed E-state index contributed by atoms with van der Waals surface area (Å²) in [6, 6.07) is 20.8. The first kappa shape index (κ1) is 14.9. The molecule has 0 radical (unpaired) electrons. The molecule has 5 aromatic rings. The quantitative estimate of drug-likeness (QED) is 0.453. The summed E-state index contributed by atoms with van der Waals surface area (Å²) in [4.78, 5) is 16.3. The molecule has 3 aromatic carbocycles. The smallest absolute Gasteiger partial charge is 0.138 e. The Morgan fingerprint density at radius 1 is 0.615 bits per heavy atom. The molecule has 0 unspecified atom stereocenters. The van der Waals surface area contributed by atoms with Gasteiger partial charge in [-0.05, 0) is 55.3 Å². The number of nitrogens with one attached hydrogen (secondary N) is 2. The lowest BCUT2D eigenvalue weighted by Gasteiger charge is -2.00. The van der Waals surface area contributed by atoms with Crippen molar-refractivity contribution >= 4 is 22.1 Å². The van der Waals surface area contributed by atoms with Gasteiger partial charge in [-0.15, -0.1) is 0 Å². The second kappa shape index (κ2) is 5.56. The van der Waals surface area contributed by atoms with Crippen molar-refractivity contribution in [1.82, 2.24) is 19.9 Å². The van der Waals surface area contributed by atoms with Gasteiger partial charge in [-0.25, -0.2) is 9.97 Å². The molecule has 126 valence electrons. The van der Waals surface area contributed by atoms with Gasteiger partial charge < -0.3 is 9.97 Å². The van der Waals surface area contributed by atoms with Crippen molar-refractivity contribution in [2.75, 3.05) is 0 Å². The number of fused-ring (bicyclic) bond motifs is 2. The minimum atomic E-state index is 0.874. The molecule has 26 heavy (non-hydrogen) atoms. The van der Waals surface area contributed by atoms with E-state index in [2.05, 4.69) is 78.4 Å². The number of hydrogen-bond acceptors (Lipinski definition) is 2. The third-order valence-corrected chi connectivity index (χ3v) is 4.69. The Kier molecular flexibility index (Phi) is 3.19. The van der Waals surface area contributed by atoms with Crippen LogP contribution in [0.1, 0.15) is 11.1 Å². The maximum Gasteiger partial charge on any atom is 0.138 e. The highest BCUT2D eigenvalue weighted by Gasteiger charge is 2.09. The molecule has 4 heteroatoms. The Morgan fingerprint density at radius 2 is 1.27 bits per heavy atom. The minimum absolute atomic E-state index is 0.874. The van der Waals surface area contributed by atoms with Crippen LogP contribution in [-0.4, -0.2) is 19.9 Å². The number of aromatic amines is 2. The lowest BCUT2D eigenvalue weighted by Crippen LogP contribution is -1.84. The molecule has 0 aliphatic rings. The number of rotatable bonds is 2. The van der Waals surface area contributed by atoms with Crippen LogP contribution in [0.3, 0.4) is 0 Å².